The zero-order valence-electron chi connectivity index (χ0n) is 13.8. The fourth-order valence-corrected chi connectivity index (χ4v) is 2.53. The molecule has 0 aliphatic carbocycles. The SMILES string of the molecule is Cn1nc(C(=O)NNC(=O)Cc2cccc(F)c2)c2ccccc2c1=O. The number of fused-ring (bicyclic) bond motifs is 1. The maximum atomic E-state index is 13.1. The molecule has 2 N–H and O–H groups in total. The lowest BCUT2D eigenvalue weighted by Crippen LogP contribution is -2.43. The van der Waals surface area contributed by atoms with Crippen molar-refractivity contribution in [2.24, 2.45) is 7.05 Å². The number of rotatable bonds is 3. The first-order valence-corrected chi connectivity index (χ1v) is 7.75. The Bertz CT molecular complexity index is 1060. The van der Waals surface area contributed by atoms with E-state index in [9.17, 15) is 18.8 Å². The summed E-state index contributed by atoms with van der Waals surface area (Å²) in [5, 5.41) is 4.70. The van der Waals surface area contributed by atoms with Crippen LogP contribution in [0.3, 0.4) is 0 Å². The van der Waals surface area contributed by atoms with Crippen molar-refractivity contribution in [3.05, 3.63) is 76.0 Å². The highest BCUT2D eigenvalue weighted by molar-refractivity contribution is 6.05. The molecule has 8 heteroatoms. The maximum absolute atomic E-state index is 13.1. The lowest BCUT2D eigenvalue weighted by molar-refractivity contribution is -0.121. The molecule has 132 valence electrons. The number of nitrogens with zero attached hydrogens (tertiary/aromatic N) is 2. The summed E-state index contributed by atoms with van der Waals surface area (Å²) in [7, 11) is 1.44. The van der Waals surface area contributed by atoms with E-state index in [2.05, 4.69) is 16.0 Å². The van der Waals surface area contributed by atoms with Crippen molar-refractivity contribution in [2.75, 3.05) is 0 Å². The number of aromatic nitrogens is 2. The topological polar surface area (TPSA) is 93.1 Å². The Balaban J connectivity index is 1.75. The van der Waals surface area contributed by atoms with Crippen LogP contribution in [0.25, 0.3) is 10.8 Å². The normalized spacial score (nSPS) is 10.5. The van der Waals surface area contributed by atoms with Gasteiger partial charge in [0, 0.05) is 12.4 Å². The van der Waals surface area contributed by atoms with Crippen LogP contribution in [0.4, 0.5) is 4.39 Å². The molecule has 1 heterocycles. The summed E-state index contributed by atoms with van der Waals surface area (Å²) in [6, 6.07) is 12.2. The van der Waals surface area contributed by atoms with E-state index in [1.54, 1.807) is 30.3 Å². The van der Waals surface area contributed by atoms with Crippen LogP contribution in [0.5, 0.6) is 0 Å². The summed E-state index contributed by atoms with van der Waals surface area (Å²) in [6.07, 6.45) is -0.0977. The van der Waals surface area contributed by atoms with Gasteiger partial charge >= 0.3 is 0 Å². The average molecular weight is 354 g/mol. The van der Waals surface area contributed by atoms with Gasteiger partial charge in [-0.25, -0.2) is 9.07 Å². The van der Waals surface area contributed by atoms with Gasteiger partial charge < -0.3 is 0 Å². The largest absolute Gasteiger partial charge is 0.290 e. The highest BCUT2D eigenvalue weighted by atomic mass is 19.1. The van der Waals surface area contributed by atoms with Crippen molar-refractivity contribution >= 4 is 22.6 Å². The molecule has 0 aliphatic heterocycles. The fraction of sp³-hybridized carbons (Fsp3) is 0.111. The molecular weight excluding hydrogens is 339 g/mol. The molecule has 26 heavy (non-hydrogen) atoms. The van der Waals surface area contributed by atoms with E-state index in [1.807, 2.05) is 0 Å². The molecule has 0 radical (unpaired) electrons. The number of hydrazine groups is 1. The molecule has 2 aromatic carbocycles. The lowest BCUT2D eigenvalue weighted by atomic mass is 10.1. The van der Waals surface area contributed by atoms with Crippen molar-refractivity contribution < 1.29 is 14.0 Å². The molecule has 0 atom stereocenters. The monoisotopic (exact) mass is 354 g/mol. The van der Waals surface area contributed by atoms with Gasteiger partial charge in [0.1, 0.15) is 5.82 Å². The number of aryl methyl sites for hydroxylation is 1. The van der Waals surface area contributed by atoms with Gasteiger partial charge in [0.2, 0.25) is 5.91 Å². The van der Waals surface area contributed by atoms with Gasteiger partial charge in [0.25, 0.3) is 11.5 Å². The number of halogens is 1. The van der Waals surface area contributed by atoms with Crippen LogP contribution in [0.1, 0.15) is 16.1 Å². The fourth-order valence-electron chi connectivity index (χ4n) is 2.53. The third-order valence-electron chi connectivity index (χ3n) is 3.74. The number of amides is 2. The molecule has 2 amide bonds. The van der Waals surface area contributed by atoms with Crippen LogP contribution in [0.15, 0.2) is 53.3 Å². The minimum Gasteiger partial charge on any atom is -0.273 e. The van der Waals surface area contributed by atoms with Gasteiger partial charge in [-0.3, -0.25) is 25.2 Å². The number of benzene rings is 2. The quantitative estimate of drug-likeness (QED) is 0.688. The van der Waals surface area contributed by atoms with Gasteiger partial charge in [0.15, 0.2) is 5.69 Å². The van der Waals surface area contributed by atoms with Gasteiger partial charge in [0.05, 0.1) is 11.8 Å². The Kier molecular flexibility index (Phi) is 4.74. The first-order chi connectivity index (χ1) is 12.5. The minimum absolute atomic E-state index is 0.00811. The third-order valence-corrected chi connectivity index (χ3v) is 3.74. The van der Waals surface area contributed by atoms with E-state index in [1.165, 1.54) is 25.2 Å². The Morgan fingerprint density at radius 3 is 2.54 bits per heavy atom. The Hall–Kier alpha value is -3.55. The Labute approximate surface area is 147 Å². The first kappa shape index (κ1) is 17.3. The molecule has 3 aromatic rings. The van der Waals surface area contributed by atoms with Crippen LogP contribution in [0.2, 0.25) is 0 Å². The van der Waals surface area contributed by atoms with Crippen LogP contribution < -0.4 is 16.4 Å². The van der Waals surface area contributed by atoms with Gasteiger partial charge in [-0.2, -0.15) is 5.10 Å². The molecule has 1 aromatic heterocycles. The second-order valence-electron chi connectivity index (χ2n) is 5.63. The molecule has 0 unspecified atom stereocenters. The van der Waals surface area contributed by atoms with Crippen molar-refractivity contribution in [1.29, 1.82) is 0 Å². The predicted octanol–water partition coefficient (Wildman–Crippen LogP) is 1.08. The number of nitrogens with one attached hydrogen (secondary N) is 2. The van der Waals surface area contributed by atoms with Crippen LogP contribution in [0, 0.1) is 5.82 Å². The van der Waals surface area contributed by atoms with Gasteiger partial charge in [-0.05, 0) is 23.8 Å². The Morgan fingerprint density at radius 1 is 1.08 bits per heavy atom. The van der Waals surface area contributed by atoms with Crippen molar-refractivity contribution in [3.63, 3.8) is 0 Å². The van der Waals surface area contributed by atoms with Crippen molar-refractivity contribution in [3.8, 4) is 0 Å². The smallest absolute Gasteiger partial charge is 0.273 e. The van der Waals surface area contributed by atoms with Crippen LogP contribution in [-0.2, 0) is 18.3 Å². The first-order valence-electron chi connectivity index (χ1n) is 7.75. The lowest BCUT2D eigenvalue weighted by Gasteiger charge is -2.10. The van der Waals surface area contributed by atoms with Crippen molar-refractivity contribution in [2.45, 2.75) is 6.42 Å². The molecule has 0 bridgehead atoms. The van der Waals surface area contributed by atoms with Crippen molar-refractivity contribution in [1.82, 2.24) is 20.6 Å². The summed E-state index contributed by atoms with van der Waals surface area (Å²) in [5.74, 6) is -1.62. The highest BCUT2D eigenvalue weighted by Crippen LogP contribution is 2.12. The van der Waals surface area contributed by atoms with E-state index in [4.69, 9.17) is 0 Å². The summed E-state index contributed by atoms with van der Waals surface area (Å²) in [4.78, 5) is 36.4. The molecule has 0 saturated heterocycles. The molecule has 7 nitrogen and oxygen atoms in total. The summed E-state index contributed by atoms with van der Waals surface area (Å²) in [5.41, 5.74) is 4.68. The number of carbonyl (C=O) groups excluding carboxylic acids is 2. The minimum atomic E-state index is -0.663. The zero-order chi connectivity index (χ0) is 18.7. The number of hydrogen-bond donors (Lipinski definition) is 2. The van der Waals surface area contributed by atoms with Crippen LogP contribution in [-0.4, -0.2) is 21.6 Å². The molecule has 0 fully saturated rings. The standard InChI is InChI=1S/C18H15FN4O3/c1-23-18(26)14-8-3-2-7-13(14)16(22-23)17(25)21-20-15(24)10-11-5-4-6-12(19)9-11/h2-9H,10H2,1H3,(H,20,24)(H,21,25). The summed E-state index contributed by atoms with van der Waals surface area (Å²) in [6.45, 7) is 0. The molecule has 0 saturated carbocycles. The maximum Gasteiger partial charge on any atom is 0.290 e. The van der Waals surface area contributed by atoms with E-state index in [0.717, 1.165) is 4.68 Å². The van der Waals surface area contributed by atoms with E-state index < -0.39 is 17.6 Å². The molecule has 3 rings (SSSR count). The predicted molar refractivity (Wildman–Crippen MR) is 92.7 cm³/mol. The molecule has 0 aliphatic rings. The summed E-state index contributed by atoms with van der Waals surface area (Å²) < 4.78 is 14.2. The summed E-state index contributed by atoms with van der Waals surface area (Å²) >= 11 is 0. The van der Waals surface area contributed by atoms with E-state index in [-0.39, 0.29) is 17.7 Å². The van der Waals surface area contributed by atoms with Crippen LogP contribution >= 0.6 is 0 Å². The zero-order valence-corrected chi connectivity index (χ0v) is 13.8. The van der Waals surface area contributed by atoms with E-state index >= 15 is 0 Å². The number of hydrogen-bond acceptors (Lipinski definition) is 4. The van der Waals surface area contributed by atoms with Gasteiger partial charge in [-0.1, -0.05) is 30.3 Å². The molecule has 0 spiro atoms. The van der Waals surface area contributed by atoms with Gasteiger partial charge in [-0.15, -0.1) is 0 Å². The second-order valence-corrected chi connectivity index (χ2v) is 5.63. The highest BCUT2D eigenvalue weighted by Gasteiger charge is 2.16. The Morgan fingerprint density at radius 2 is 1.81 bits per heavy atom. The van der Waals surface area contributed by atoms with E-state index in [0.29, 0.717) is 16.3 Å². The number of carbonyl (C=O) groups is 2. The molecular formula is C18H15FN4O3. The average Bonchev–Trinajstić information content (AvgIpc) is 2.63. The third kappa shape index (κ3) is 3.59. The second kappa shape index (κ2) is 7.14.